The molecule has 1 heterocycles. The summed E-state index contributed by atoms with van der Waals surface area (Å²) in [5.74, 6) is -0.568. The van der Waals surface area contributed by atoms with Crippen LogP contribution in [0.5, 0.6) is 0 Å². The largest absolute Gasteiger partial charge is 0.342 e. The zero-order valence-electron chi connectivity index (χ0n) is 16.2. The Bertz CT molecular complexity index is 762. The van der Waals surface area contributed by atoms with Gasteiger partial charge in [-0.2, -0.15) is 0 Å². The monoisotopic (exact) mass is 395 g/mol. The van der Waals surface area contributed by atoms with E-state index < -0.39 is 10.0 Å². The van der Waals surface area contributed by atoms with Crippen LogP contribution in [0.3, 0.4) is 0 Å². The van der Waals surface area contributed by atoms with E-state index >= 15 is 0 Å². The Morgan fingerprint density at radius 2 is 1.93 bits per heavy atom. The van der Waals surface area contributed by atoms with Gasteiger partial charge in [0.05, 0.1) is 10.8 Å². The molecule has 0 spiro atoms. The fourth-order valence-corrected chi connectivity index (χ4v) is 4.22. The van der Waals surface area contributed by atoms with E-state index in [-0.39, 0.29) is 35.1 Å². The number of likely N-dealkylation sites (tertiary alicyclic amines) is 1. The second-order valence-corrected chi connectivity index (χ2v) is 8.75. The molecule has 2 atom stereocenters. The lowest BCUT2D eigenvalue weighted by Gasteiger charge is -2.16. The fraction of sp³-hybridized carbons (Fsp3) is 0.579. The first kappa shape index (κ1) is 21.4. The van der Waals surface area contributed by atoms with Crippen molar-refractivity contribution < 1.29 is 18.0 Å². The summed E-state index contributed by atoms with van der Waals surface area (Å²) in [5.41, 5.74) is 0.516. The molecule has 1 fully saturated rings. The van der Waals surface area contributed by atoms with E-state index in [1.807, 2.05) is 6.92 Å². The summed E-state index contributed by atoms with van der Waals surface area (Å²) in [7, 11) is -3.57. The van der Waals surface area contributed by atoms with Crippen LogP contribution in [0, 0.1) is 5.92 Å². The Labute approximate surface area is 161 Å². The maximum Gasteiger partial charge on any atom is 0.240 e. The van der Waals surface area contributed by atoms with Gasteiger partial charge in [0, 0.05) is 31.2 Å². The van der Waals surface area contributed by atoms with Crippen molar-refractivity contribution >= 4 is 27.5 Å². The molecule has 27 heavy (non-hydrogen) atoms. The van der Waals surface area contributed by atoms with Gasteiger partial charge in [0.2, 0.25) is 21.8 Å². The zero-order chi connectivity index (χ0) is 20.0. The topological polar surface area (TPSA) is 95.6 Å². The van der Waals surface area contributed by atoms with Gasteiger partial charge in [0.1, 0.15) is 0 Å². The SMILES string of the molecule is CCCCN1C[C@@H](C(=O)Nc2ccc(S(=O)(=O)N[C@@H](C)CC)cc2)CC1=O. The smallest absolute Gasteiger partial charge is 0.240 e. The van der Waals surface area contributed by atoms with E-state index in [1.165, 1.54) is 12.1 Å². The minimum Gasteiger partial charge on any atom is -0.342 e. The third kappa shape index (κ3) is 5.77. The van der Waals surface area contributed by atoms with Gasteiger partial charge in [-0.25, -0.2) is 13.1 Å². The number of unbranched alkanes of at least 4 members (excludes halogenated alkanes) is 1. The van der Waals surface area contributed by atoms with Crippen molar-refractivity contribution in [2.75, 3.05) is 18.4 Å². The maximum absolute atomic E-state index is 12.4. The van der Waals surface area contributed by atoms with Gasteiger partial charge < -0.3 is 10.2 Å². The first-order valence-corrected chi connectivity index (χ1v) is 11.0. The number of hydrogen-bond donors (Lipinski definition) is 2. The molecule has 0 radical (unpaired) electrons. The minimum absolute atomic E-state index is 0.0150. The van der Waals surface area contributed by atoms with Crippen LogP contribution >= 0.6 is 0 Å². The summed E-state index contributed by atoms with van der Waals surface area (Å²) >= 11 is 0. The van der Waals surface area contributed by atoms with Crippen LogP contribution in [-0.4, -0.2) is 44.3 Å². The zero-order valence-corrected chi connectivity index (χ0v) is 17.0. The Kier molecular flexibility index (Phi) is 7.38. The molecule has 7 nitrogen and oxygen atoms in total. The summed E-state index contributed by atoms with van der Waals surface area (Å²) in [6.45, 7) is 6.90. The molecule has 2 amide bonds. The number of carbonyl (C=O) groups excluding carboxylic acids is 2. The lowest BCUT2D eigenvalue weighted by atomic mass is 10.1. The summed E-state index contributed by atoms with van der Waals surface area (Å²) in [6.07, 6.45) is 2.85. The molecule has 2 rings (SSSR count). The highest BCUT2D eigenvalue weighted by molar-refractivity contribution is 7.89. The Balaban J connectivity index is 1.96. The van der Waals surface area contributed by atoms with Gasteiger partial charge in [-0.05, 0) is 44.0 Å². The Hall–Kier alpha value is -1.93. The summed E-state index contributed by atoms with van der Waals surface area (Å²) in [6, 6.07) is 5.91. The van der Waals surface area contributed by atoms with E-state index in [0.717, 1.165) is 12.8 Å². The molecular weight excluding hydrogens is 366 g/mol. The summed E-state index contributed by atoms with van der Waals surface area (Å²) in [5, 5.41) is 2.78. The first-order valence-electron chi connectivity index (χ1n) is 9.47. The first-order chi connectivity index (χ1) is 12.8. The Morgan fingerprint density at radius 3 is 2.52 bits per heavy atom. The molecule has 1 aliphatic heterocycles. The van der Waals surface area contributed by atoms with Crippen molar-refractivity contribution in [1.82, 2.24) is 9.62 Å². The number of hydrogen-bond acceptors (Lipinski definition) is 4. The summed E-state index contributed by atoms with van der Waals surface area (Å²) < 4.78 is 27.1. The van der Waals surface area contributed by atoms with Crippen LogP contribution in [0.25, 0.3) is 0 Å². The molecule has 0 aliphatic carbocycles. The third-order valence-electron chi connectivity index (χ3n) is 4.77. The number of carbonyl (C=O) groups is 2. The van der Waals surface area contributed by atoms with Crippen LogP contribution in [0.1, 0.15) is 46.5 Å². The molecule has 2 N–H and O–H groups in total. The van der Waals surface area contributed by atoms with E-state index in [4.69, 9.17) is 0 Å². The van der Waals surface area contributed by atoms with Gasteiger partial charge in [0.25, 0.3) is 0 Å². The molecule has 0 bridgehead atoms. The number of rotatable bonds is 9. The molecule has 1 aromatic rings. The molecule has 0 saturated carbocycles. The number of nitrogens with one attached hydrogen (secondary N) is 2. The van der Waals surface area contributed by atoms with Crippen molar-refractivity contribution in [3.8, 4) is 0 Å². The van der Waals surface area contributed by atoms with E-state index in [9.17, 15) is 18.0 Å². The van der Waals surface area contributed by atoms with Gasteiger partial charge in [-0.3, -0.25) is 9.59 Å². The normalized spacial score (nSPS) is 18.6. The summed E-state index contributed by atoms with van der Waals surface area (Å²) in [4.78, 5) is 26.3. The van der Waals surface area contributed by atoms with Crippen molar-refractivity contribution in [2.24, 2.45) is 5.92 Å². The highest BCUT2D eigenvalue weighted by Gasteiger charge is 2.33. The molecule has 0 unspecified atom stereocenters. The number of sulfonamides is 1. The quantitative estimate of drug-likeness (QED) is 0.671. The Morgan fingerprint density at radius 1 is 1.26 bits per heavy atom. The molecule has 1 aromatic carbocycles. The van der Waals surface area contributed by atoms with E-state index in [2.05, 4.69) is 17.0 Å². The highest BCUT2D eigenvalue weighted by atomic mass is 32.2. The maximum atomic E-state index is 12.4. The highest BCUT2D eigenvalue weighted by Crippen LogP contribution is 2.21. The van der Waals surface area contributed by atoms with E-state index in [1.54, 1.807) is 24.0 Å². The lowest BCUT2D eigenvalue weighted by Crippen LogP contribution is -2.32. The molecule has 0 aromatic heterocycles. The van der Waals surface area contributed by atoms with Crippen molar-refractivity contribution in [2.45, 2.75) is 57.4 Å². The number of anilines is 1. The second kappa shape index (κ2) is 9.32. The molecule has 8 heteroatoms. The lowest BCUT2D eigenvalue weighted by molar-refractivity contribution is -0.128. The molecule has 150 valence electrons. The van der Waals surface area contributed by atoms with Gasteiger partial charge in [0.15, 0.2) is 0 Å². The molecule has 1 saturated heterocycles. The predicted molar refractivity (Wildman–Crippen MR) is 105 cm³/mol. The fourth-order valence-electron chi connectivity index (χ4n) is 2.89. The van der Waals surface area contributed by atoms with Crippen LogP contribution in [-0.2, 0) is 19.6 Å². The minimum atomic E-state index is -3.57. The van der Waals surface area contributed by atoms with Crippen LogP contribution in [0.2, 0.25) is 0 Å². The average molecular weight is 396 g/mol. The number of amides is 2. The van der Waals surface area contributed by atoms with Gasteiger partial charge >= 0.3 is 0 Å². The number of nitrogens with zero attached hydrogens (tertiary/aromatic N) is 1. The van der Waals surface area contributed by atoms with Crippen molar-refractivity contribution in [1.29, 1.82) is 0 Å². The average Bonchev–Trinajstić information content (AvgIpc) is 3.01. The van der Waals surface area contributed by atoms with Crippen molar-refractivity contribution in [3.63, 3.8) is 0 Å². The van der Waals surface area contributed by atoms with E-state index in [0.29, 0.717) is 25.2 Å². The van der Waals surface area contributed by atoms with Gasteiger partial charge in [-0.15, -0.1) is 0 Å². The van der Waals surface area contributed by atoms with Crippen LogP contribution in [0.15, 0.2) is 29.2 Å². The van der Waals surface area contributed by atoms with Crippen LogP contribution < -0.4 is 10.0 Å². The second-order valence-electron chi connectivity index (χ2n) is 7.04. The van der Waals surface area contributed by atoms with Gasteiger partial charge in [-0.1, -0.05) is 20.3 Å². The molecule has 1 aliphatic rings. The predicted octanol–water partition coefficient (Wildman–Crippen LogP) is 2.35. The number of benzene rings is 1. The van der Waals surface area contributed by atoms with Crippen molar-refractivity contribution in [3.05, 3.63) is 24.3 Å². The molecular formula is C19H29N3O4S. The standard InChI is InChI=1S/C19H29N3O4S/c1-4-6-11-22-13-15(12-18(22)23)19(24)20-16-7-9-17(10-8-16)27(25,26)21-14(3)5-2/h7-10,14-15,21H,4-6,11-13H2,1-3H3,(H,20,24)/t14-,15-/m0/s1. The van der Waals surface area contributed by atoms with Crippen LogP contribution in [0.4, 0.5) is 5.69 Å². The third-order valence-corrected chi connectivity index (χ3v) is 6.37.